The number of carbonyl (C=O) groups is 1. The van der Waals surface area contributed by atoms with Crippen LogP contribution in [0.2, 0.25) is 0 Å². The van der Waals surface area contributed by atoms with Crippen molar-refractivity contribution in [2.45, 2.75) is 6.92 Å². The number of anilines is 1. The van der Waals surface area contributed by atoms with Gasteiger partial charge in [-0.25, -0.2) is 0 Å². The second kappa shape index (κ2) is 8.08. The molecule has 2 aliphatic rings. The first kappa shape index (κ1) is 19.2. The summed E-state index contributed by atoms with van der Waals surface area (Å²) < 4.78 is 0. The molecule has 0 atom stereocenters. The van der Waals surface area contributed by atoms with Crippen LogP contribution >= 0.6 is 11.8 Å². The molecule has 2 aliphatic heterocycles. The quantitative estimate of drug-likeness (QED) is 0.438. The smallest absolute Gasteiger partial charge is 0.286 e. The van der Waals surface area contributed by atoms with Gasteiger partial charge >= 0.3 is 0 Å². The fourth-order valence-electron chi connectivity index (χ4n) is 3.36. The molecule has 2 aromatic rings. The van der Waals surface area contributed by atoms with Crippen LogP contribution in [-0.2, 0) is 4.79 Å². The summed E-state index contributed by atoms with van der Waals surface area (Å²) in [5.74, 6) is -0.343. The number of carbonyl (C=O) groups excluding carboxylic acids is 1. The van der Waals surface area contributed by atoms with Crippen LogP contribution in [0.4, 0.5) is 11.4 Å². The summed E-state index contributed by atoms with van der Waals surface area (Å²) in [5, 5.41) is 11.9. The molecule has 0 aromatic heterocycles. The Hall–Kier alpha value is -3.13. The number of benzene rings is 2. The van der Waals surface area contributed by atoms with Crippen molar-refractivity contribution in [1.82, 2.24) is 4.90 Å². The van der Waals surface area contributed by atoms with E-state index in [1.165, 1.54) is 29.1 Å². The van der Waals surface area contributed by atoms with Gasteiger partial charge in [-0.15, -0.1) is 0 Å². The predicted molar refractivity (Wildman–Crippen MR) is 116 cm³/mol. The largest absolute Gasteiger partial charge is 0.368 e. The lowest BCUT2D eigenvalue weighted by molar-refractivity contribution is -0.385. The highest BCUT2D eigenvalue weighted by Crippen LogP contribution is 2.32. The van der Waals surface area contributed by atoms with E-state index in [4.69, 9.17) is 0 Å². The van der Waals surface area contributed by atoms with Crippen LogP contribution < -0.4 is 4.90 Å². The van der Waals surface area contributed by atoms with Gasteiger partial charge in [0.05, 0.1) is 15.4 Å². The summed E-state index contributed by atoms with van der Waals surface area (Å²) in [6.45, 7) is 5.31. The molecule has 4 rings (SSSR count). The molecule has 7 nitrogen and oxygen atoms in total. The molecule has 148 valence electrons. The van der Waals surface area contributed by atoms with Gasteiger partial charge in [-0.2, -0.15) is 4.99 Å². The molecule has 8 heteroatoms. The number of nitro groups is 1. The van der Waals surface area contributed by atoms with Gasteiger partial charge in [-0.05, 0) is 43.0 Å². The van der Waals surface area contributed by atoms with Crippen molar-refractivity contribution in [2.75, 3.05) is 31.1 Å². The number of thioether (sulfide) groups is 1. The van der Waals surface area contributed by atoms with Gasteiger partial charge in [0.25, 0.3) is 11.6 Å². The van der Waals surface area contributed by atoms with Crippen LogP contribution in [0.3, 0.4) is 0 Å². The maximum Gasteiger partial charge on any atom is 0.286 e. The fraction of sp³-hybridized carbons (Fsp3) is 0.238. The number of nitrogens with zero attached hydrogens (tertiary/aromatic N) is 4. The Bertz CT molecular complexity index is 1010. The first-order chi connectivity index (χ1) is 14.0. The second-order valence-electron chi connectivity index (χ2n) is 6.94. The molecule has 0 saturated carbocycles. The summed E-state index contributed by atoms with van der Waals surface area (Å²) >= 11 is 1.29. The van der Waals surface area contributed by atoms with E-state index in [0.29, 0.717) is 15.6 Å². The summed E-state index contributed by atoms with van der Waals surface area (Å²) in [5.41, 5.74) is 2.83. The van der Waals surface area contributed by atoms with E-state index in [-0.39, 0.29) is 11.6 Å². The Balaban J connectivity index is 1.43. The van der Waals surface area contributed by atoms with Crippen molar-refractivity contribution in [3.05, 3.63) is 74.7 Å². The van der Waals surface area contributed by atoms with Crippen molar-refractivity contribution in [3.8, 4) is 0 Å². The van der Waals surface area contributed by atoms with E-state index < -0.39 is 4.92 Å². The number of aliphatic imine (C=N–C) groups is 1. The van der Waals surface area contributed by atoms with E-state index in [9.17, 15) is 14.9 Å². The Morgan fingerprint density at radius 2 is 1.69 bits per heavy atom. The molecule has 1 fully saturated rings. The Labute approximate surface area is 172 Å². The molecule has 2 aromatic carbocycles. The Kier molecular flexibility index (Phi) is 5.35. The Morgan fingerprint density at radius 3 is 2.38 bits per heavy atom. The van der Waals surface area contributed by atoms with Gasteiger partial charge in [-0.3, -0.25) is 14.9 Å². The van der Waals surface area contributed by atoms with Crippen molar-refractivity contribution in [2.24, 2.45) is 4.99 Å². The summed E-state index contributed by atoms with van der Waals surface area (Å²) in [6.07, 6.45) is 1.56. The SMILES string of the molecule is Cc1ccc(N2CCN(C3=NC(=O)C(=Cc4ccccc4[N+](=O)[O-])S3)CC2)cc1. The monoisotopic (exact) mass is 408 g/mol. The number of hydrogen-bond donors (Lipinski definition) is 0. The second-order valence-corrected chi connectivity index (χ2v) is 7.94. The third-order valence-corrected chi connectivity index (χ3v) is 6.02. The van der Waals surface area contributed by atoms with E-state index in [2.05, 4.69) is 46.0 Å². The molecule has 0 spiro atoms. The third kappa shape index (κ3) is 4.17. The summed E-state index contributed by atoms with van der Waals surface area (Å²) in [6, 6.07) is 14.9. The van der Waals surface area contributed by atoms with Crippen LogP contribution in [0.5, 0.6) is 0 Å². The van der Waals surface area contributed by atoms with E-state index in [1.54, 1.807) is 24.3 Å². The number of aryl methyl sites for hydroxylation is 1. The average Bonchev–Trinajstić information content (AvgIpc) is 3.09. The van der Waals surface area contributed by atoms with Gasteiger partial charge in [0, 0.05) is 37.9 Å². The van der Waals surface area contributed by atoms with Crippen molar-refractivity contribution >= 4 is 40.3 Å². The van der Waals surface area contributed by atoms with Gasteiger partial charge < -0.3 is 9.80 Å². The first-order valence-electron chi connectivity index (χ1n) is 9.34. The average molecular weight is 408 g/mol. The number of rotatable bonds is 3. The molecule has 29 heavy (non-hydrogen) atoms. The molecule has 0 aliphatic carbocycles. The molecule has 2 heterocycles. The van der Waals surface area contributed by atoms with Crippen LogP contribution in [-0.4, -0.2) is 47.1 Å². The summed E-state index contributed by atoms with van der Waals surface area (Å²) in [4.78, 5) is 32.1. The predicted octanol–water partition coefficient (Wildman–Crippen LogP) is 3.70. The van der Waals surface area contributed by atoms with Crippen LogP contribution in [0.25, 0.3) is 6.08 Å². The highest BCUT2D eigenvalue weighted by molar-refractivity contribution is 8.18. The number of nitro benzene ring substituents is 1. The van der Waals surface area contributed by atoms with E-state index in [0.717, 1.165) is 26.2 Å². The van der Waals surface area contributed by atoms with Gasteiger partial charge in [-0.1, -0.05) is 29.8 Å². The highest BCUT2D eigenvalue weighted by atomic mass is 32.2. The van der Waals surface area contributed by atoms with Crippen LogP contribution in [0, 0.1) is 17.0 Å². The number of piperazine rings is 1. The normalized spacial score (nSPS) is 18.3. The third-order valence-electron chi connectivity index (χ3n) is 4.98. The van der Waals surface area contributed by atoms with Crippen LogP contribution in [0.1, 0.15) is 11.1 Å². The number of amides is 1. The number of para-hydroxylation sites is 1. The zero-order valence-corrected chi connectivity index (χ0v) is 16.8. The van der Waals surface area contributed by atoms with Gasteiger partial charge in [0.15, 0.2) is 5.17 Å². The van der Waals surface area contributed by atoms with Crippen molar-refractivity contribution in [3.63, 3.8) is 0 Å². The Morgan fingerprint density at radius 1 is 1.03 bits per heavy atom. The summed E-state index contributed by atoms with van der Waals surface area (Å²) in [7, 11) is 0. The molecule has 1 saturated heterocycles. The van der Waals surface area contributed by atoms with E-state index in [1.807, 2.05) is 0 Å². The van der Waals surface area contributed by atoms with Crippen molar-refractivity contribution < 1.29 is 9.72 Å². The van der Waals surface area contributed by atoms with Gasteiger partial charge in [0.1, 0.15) is 0 Å². The lowest BCUT2D eigenvalue weighted by atomic mass is 10.1. The topological polar surface area (TPSA) is 79.0 Å². The fourth-order valence-corrected chi connectivity index (χ4v) is 4.32. The molecule has 0 bridgehead atoms. The molecule has 0 N–H and O–H groups in total. The van der Waals surface area contributed by atoms with Crippen molar-refractivity contribution in [1.29, 1.82) is 0 Å². The molecule has 1 amide bonds. The van der Waals surface area contributed by atoms with Gasteiger partial charge in [0.2, 0.25) is 0 Å². The van der Waals surface area contributed by atoms with Crippen LogP contribution in [0.15, 0.2) is 58.4 Å². The minimum atomic E-state index is -0.442. The molecular formula is C21H20N4O3S. The number of hydrogen-bond acceptors (Lipinski definition) is 6. The zero-order valence-electron chi connectivity index (χ0n) is 15.9. The minimum Gasteiger partial charge on any atom is -0.368 e. The lowest BCUT2D eigenvalue weighted by Gasteiger charge is -2.36. The maximum atomic E-state index is 12.3. The van der Waals surface area contributed by atoms with E-state index >= 15 is 0 Å². The maximum absolute atomic E-state index is 12.3. The minimum absolute atomic E-state index is 0.0198. The number of amidine groups is 1. The molecule has 0 unspecified atom stereocenters. The molecular weight excluding hydrogens is 388 g/mol. The standard InChI is InChI=1S/C21H20N4O3S/c1-15-6-8-17(9-7-15)23-10-12-24(13-11-23)21-22-20(26)19(29-21)14-16-4-2-3-5-18(16)25(27)28/h2-9,14H,10-13H2,1H3. The first-order valence-corrected chi connectivity index (χ1v) is 10.2. The lowest BCUT2D eigenvalue weighted by Crippen LogP contribution is -2.47. The highest BCUT2D eigenvalue weighted by Gasteiger charge is 2.29. The molecule has 0 radical (unpaired) electrons. The zero-order chi connectivity index (χ0) is 20.4.